The summed E-state index contributed by atoms with van der Waals surface area (Å²) in [5.74, 6) is -0.643. The molecular formula is C23H15FN4O2. The second-order valence-electron chi connectivity index (χ2n) is 6.74. The number of nitrogens with one attached hydrogen (secondary N) is 1. The van der Waals surface area contributed by atoms with Crippen LogP contribution in [-0.4, -0.2) is 20.9 Å². The third-order valence-corrected chi connectivity index (χ3v) is 4.75. The van der Waals surface area contributed by atoms with Crippen molar-refractivity contribution in [1.82, 2.24) is 20.3 Å². The summed E-state index contributed by atoms with van der Waals surface area (Å²) in [6.07, 6.45) is 2.74. The molecular weight excluding hydrogens is 383 g/mol. The fourth-order valence-corrected chi connectivity index (χ4v) is 3.22. The number of nitrogens with zero attached hydrogens (tertiary/aromatic N) is 3. The number of hydrogen-bond donors (Lipinski definition) is 1. The standard InChI is InChI=1S/C23H15FN4O2/c24-17-5-3-9-25-20(17)12-26-22(29)21-13-30-23(28-21)16-8-7-15-10-14-4-1-2-6-18(14)27-19(15)11-16/h1-11,13H,12H2,(H,26,29). The van der Waals surface area contributed by atoms with Gasteiger partial charge in [-0.05, 0) is 36.4 Å². The Hall–Kier alpha value is -4.13. The average molecular weight is 398 g/mol. The first-order valence-corrected chi connectivity index (χ1v) is 9.30. The van der Waals surface area contributed by atoms with Crippen LogP contribution in [0.5, 0.6) is 0 Å². The van der Waals surface area contributed by atoms with E-state index in [0.29, 0.717) is 11.5 Å². The minimum Gasteiger partial charge on any atom is -0.444 e. The van der Waals surface area contributed by atoms with E-state index in [1.165, 1.54) is 24.6 Å². The molecule has 7 heteroatoms. The predicted molar refractivity (Wildman–Crippen MR) is 110 cm³/mol. The molecule has 5 aromatic rings. The third kappa shape index (κ3) is 3.37. The van der Waals surface area contributed by atoms with Crippen molar-refractivity contribution in [2.24, 2.45) is 0 Å². The Morgan fingerprint density at radius 2 is 1.83 bits per heavy atom. The molecule has 1 amide bonds. The lowest BCUT2D eigenvalue weighted by Crippen LogP contribution is -2.24. The Bertz CT molecular complexity index is 1400. The Morgan fingerprint density at radius 1 is 0.967 bits per heavy atom. The first kappa shape index (κ1) is 17.9. The van der Waals surface area contributed by atoms with Gasteiger partial charge >= 0.3 is 0 Å². The zero-order chi connectivity index (χ0) is 20.5. The van der Waals surface area contributed by atoms with E-state index in [9.17, 15) is 9.18 Å². The number of carbonyl (C=O) groups excluding carboxylic acids is 1. The molecule has 0 aliphatic carbocycles. The van der Waals surface area contributed by atoms with E-state index in [1.54, 1.807) is 0 Å². The lowest BCUT2D eigenvalue weighted by Gasteiger charge is -2.03. The molecule has 146 valence electrons. The minimum atomic E-state index is -0.477. The van der Waals surface area contributed by atoms with Gasteiger partial charge in [0, 0.05) is 22.5 Å². The van der Waals surface area contributed by atoms with E-state index in [2.05, 4.69) is 26.3 Å². The quantitative estimate of drug-likeness (QED) is 0.451. The Kier molecular flexibility index (Phi) is 4.40. The fraction of sp³-hybridized carbons (Fsp3) is 0.0435. The van der Waals surface area contributed by atoms with Crippen LogP contribution in [0, 0.1) is 5.82 Å². The van der Waals surface area contributed by atoms with Gasteiger partial charge in [-0.3, -0.25) is 9.78 Å². The summed E-state index contributed by atoms with van der Waals surface area (Å²) in [6, 6.07) is 18.4. The van der Waals surface area contributed by atoms with Gasteiger partial charge in [-0.1, -0.05) is 24.3 Å². The third-order valence-electron chi connectivity index (χ3n) is 4.75. The molecule has 0 bridgehead atoms. The summed E-state index contributed by atoms with van der Waals surface area (Å²) in [7, 11) is 0. The van der Waals surface area contributed by atoms with Crippen LogP contribution in [0.2, 0.25) is 0 Å². The second-order valence-corrected chi connectivity index (χ2v) is 6.74. The number of hydrogen-bond acceptors (Lipinski definition) is 5. The van der Waals surface area contributed by atoms with E-state index in [-0.39, 0.29) is 17.9 Å². The molecule has 3 aromatic heterocycles. The summed E-state index contributed by atoms with van der Waals surface area (Å²) in [4.78, 5) is 25.2. The Balaban J connectivity index is 1.39. The van der Waals surface area contributed by atoms with Crippen LogP contribution < -0.4 is 5.32 Å². The molecule has 0 aliphatic rings. The maximum atomic E-state index is 13.6. The number of benzene rings is 2. The van der Waals surface area contributed by atoms with Gasteiger partial charge in [-0.25, -0.2) is 14.4 Å². The molecule has 0 atom stereocenters. The highest BCUT2D eigenvalue weighted by Crippen LogP contribution is 2.25. The van der Waals surface area contributed by atoms with Crippen molar-refractivity contribution < 1.29 is 13.6 Å². The summed E-state index contributed by atoms with van der Waals surface area (Å²) in [5.41, 5.74) is 2.67. The predicted octanol–water partition coefficient (Wildman–Crippen LogP) is 4.51. The number of para-hydroxylation sites is 1. The molecule has 0 saturated heterocycles. The normalized spacial score (nSPS) is 11.1. The highest BCUT2D eigenvalue weighted by Gasteiger charge is 2.15. The molecule has 3 heterocycles. The lowest BCUT2D eigenvalue weighted by molar-refractivity contribution is 0.0945. The maximum Gasteiger partial charge on any atom is 0.273 e. The largest absolute Gasteiger partial charge is 0.444 e. The van der Waals surface area contributed by atoms with Crippen molar-refractivity contribution in [2.45, 2.75) is 6.54 Å². The van der Waals surface area contributed by atoms with Gasteiger partial charge in [-0.15, -0.1) is 0 Å². The number of oxazole rings is 1. The Morgan fingerprint density at radius 3 is 2.73 bits per heavy atom. The van der Waals surface area contributed by atoms with Crippen LogP contribution in [0.3, 0.4) is 0 Å². The fourth-order valence-electron chi connectivity index (χ4n) is 3.22. The van der Waals surface area contributed by atoms with E-state index in [4.69, 9.17) is 4.42 Å². The van der Waals surface area contributed by atoms with Gasteiger partial charge in [0.05, 0.1) is 23.3 Å². The van der Waals surface area contributed by atoms with Crippen LogP contribution in [0.25, 0.3) is 33.3 Å². The topological polar surface area (TPSA) is 80.9 Å². The van der Waals surface area contributed by atoms with Crippen molar-refractivity contribution in [3.8, 4) is 11.5 Å². The molecule has 30 heavy (non-hydrogen) atoms. The molecule has 0 saturated carbocycles. The SMILES string of the molecule is O=C(NCc1ncccc1F)c1coc(-c2ccc3cc4ccccc4nc3c2)n1. The smallest absolute Gasteiger partial charge is 0.273 e. The van der Waals surface area contributed by atoms with Gasteiger partial charge in [0.25, 0.3) is 5.91 Å². The van der Waals surface area contributed by atoms with Crippen molar-refractivity contribution in [3.05, 3.63) is 90.3 Å². The van der Waals surface area contributed by atoms with Crippen molar-refractivity contribution in [2.75, 3.05) is 0 Å². The first-order chi connectivity index (χ1) is 14.7. The lowest BCUT2D eigenvalue weighted by atomic mass is 10.1. The number of rotatable bonds is 4. The monoisotopic (exact) mass is 398 g/mol. The van der Waals surface area contributed by atoms with Crippen LogP contribution in [0.15, 0.2) is 77.5 Å². The number of aromatic nitrogens is 3. The Labute approximate surface area is 170 Å². The molecule has 0 radical (unpaired) electrons. The number of amides is 1. The molecule has 0 fully saturated rings. The number of halogens is 1. The van der Waals surface area contributed by atoms with Crippen LogP contribution in [0.1, 0.15) is 16.2 Å². The highest BCUT2D eigenvalue weighted by molar-refractivity contribution is 5.95. The summed E-state index contributed by atoms with van der Waals surface area (Å²) in [6.45, 7) is -0.0410. The molecule has 0 unspecified atom stereocenters. The average Bonchev–Trinajstić information content (AvgIpc) is 3.27. The molecule has 0 aliphatic heterocycles. The number of pyridine rings is 2. The van der Waals surface area contributed by atoms with Gasteiger partial charge in [-0.2, -0.15) is 0 Å². The minimum absolute atomic E-state index is 0.0410. The maximum absolute atomic E-state index is 13.6. The molecule has 2 aromatic carbocycles. The van der Waals surface area contributed by atoms with E-state index < -0.39 is 11.7 Å². The van der Waals surface area contributed by atoms with Crippen molar-refractivity contribution >= 4 is 27.7 Å². The van der Waals surface area contributed by atoms with Crippen molar-refractivity contribution in [1.29, 1.82) is 0 Å². The summed E-state index contributed by atoms with van der Waals surface area (Å²) >= 11 is 0. The van der Waals surface area contributed by atoms with Gasteiger partial charge in [0.15, 0.2) is 5.69 Å². The molecule has 6 nitrogen and oxygen atoms in total. The molecule has 5 rings (SSSR count). The first-order valence-electron chi connectivity index (χ1n) is 9.30. The van der Waals surface area contributed by atoms with Gasteiger partial charge < -0.3 is 9.73 Å². The zero-order valence-electron chi connectivity index (χ0n) is 15.7. The number of fused-ring (bicyclic) bond motifs is 2. The van der Waals surface area contributed by atoms with Crippen LogP contribution in [-0.2, 0) is 6.54 Å². The summed E-state index contributed by atoms with van der Waals surface area (Å²) < 4.78 is 19.1. The molecule has 0 spiro atoms. The van der Waals surface area contributed by atoms with E-state index in [1.807, 2.05) is 42.5 Å². The molecule has 1 N–H and O–H groups in total. The van der Waals surface area contributed by atoms with Crippen LogP contribution >= 0.6 is 0 Å². The van der Waals surface area contributed by atoms with Crippen LogP contribution in [0.4, 0.5) is 4.39 Å². The van der Waals surface area contributed by atoms with E-state index >= 15 is 0 Å². The second kappa shape index (κ2) is 7.36. The number of carbonyl (C=O) groups is 1. The van der Waals surface area contributed by atoms with Crippen molar-refractivity contribution in [3.63, 3.8) is 0 Å². The summed E-state index contributed by atoms with van der Waals surface area (Å²) in [5, 5.41) is 4.66. The van der Waals surface area contributed by atoms with Gasteiger partial charge in [0.2, 0.25) is 5.89 Å². The van der Waals surface area contributed by atoms with E-state index in [0.717, 1.165) is 21.8 Å². The highest BCUT2D eigenvalue weighted by atomic mass is 19.1. The zero-order valence-corrected chi connectivity index (χ0v) is 15.7. The van der Waals surface area contributed by atoms with Gasteiger partial charge in [0.1, 0.15) is 12.1 Å².